The smallest absolute Gasteiger partial charge is 0.0509 e. The van der Waals surface area contributed by atoms with Crippen LogP contribution in [-0.2, 0) is 0 Å². The van der Waals surface area contributed by atoms with Crippen LogP contribution in [0.1, 0.15) is 52.4 Å². The Morgan fingerprint density at radius 1 is 0.765 bits per heavy atom. The second-order valence-corrected chi connectivity index (χ2v) is 4.43. The molecule has 0 aromatic rings. The third-order valence-corrected chi connectivity index (χ3v) is 3.05. The van der Waals surface area contributed by atoms with E-state index >= 15 is 0 Å². The highest BCUT2D eigenvalue weighted by Crippen LogP contribution is 2.27. The second kappa shape index (κ2) is 13.9. The van der Waals surface area contributed by atoms with E-state index in [1.54, 1.807) is 0 Å². The first-order valence-corrected chi connectivity index (χ1v) is 6.59. The molecule has 0 saturated carbocycles. The summed E-state index contributed by atoms with van der Waals surface area (Å²) in [7, 11) is 0. The van der Waals surface area contributed by atoms with Gasteiger partial charge in [-0.15, -0.1) is 0 Å². The highest BCUT2D eigenvalue weighted by Gasteiger charge is 2.25. The first-order chi connectivity index (χ1) is 8.16. The van der Waals surface area contributed by atoms with Gasteiger partial charge >= 0.3 is 0 Å². The van der Waals surface area contributed by atoms with Crippen molar-refractivity contribution >= 4 is 0 Å². The van der Waals surface area contributed by atoms with Crippen LogP contribution in [0, 0.1) is 5.41 Å². The first kappa shape index (κ1) is 19.2. The van der Waals surface area contributed by atoms with E-state index in [4.69, 9.17) is 20.4 Å². The third kappa shape index (κ3) is 10.7. The molecule has 4 heteroatoms. The first-order valence-electron chi connectivity index (χ1n) is 6.59. The molecule has 0 aliphatic rings. The molecule has 0 heterocycles. The summed E-state index contributed by atoms with van der Waals surface area (Å²) in [5, 5.41) is 34.3. The van der Waals surface area contributed by atoms with Gasteiger partial charge in [-0.1, -0.05) is 26.7 Å². The number of aliphatic hydroxyl groups excluding tert-OH is 4. The molecule has 0 fully saturated rings. The van der Waals surface area contributed by atoms with Gasteiger partial charge in [-0.2, -0.15) is 0 Å². The molecule has 0 saturated heterocycles. The summed E-state index contributed by atoms with van der Waals surface area (Å²) in [5.74, 6) is 0. The van der Waals surface area contributed by atoms with Gasteiger partial charge in [0.2, 0.25) is 0 Å². The zero-order valence-electron chi connectivity index (χ0n) is 11.4. The molecule has 0 aliphatic heterocycles. The van der Waals surface area contributed by atoms with Crippen LogP contribution in [0.25, 0.3) is 0 Å². The highest BCUT2D eigenvalue weighted by atomic mass is 16.3. The fourth-order valence-electron chi connectivity index (χ4n) is 1.38. The maximum Gasteiger partial charge on any atom is 0.0509 e. The van der Waals surface area contributed by atoms with E-state index in [0.717, 1.165) is 38.5 Å². The minimum absolute atomic E-state index is 0.111. The molecule has 0 aromatic carbocycles. The van der Waals surface area contributed by atoms with Crippen molar-refractivity contribution in [1.82, 2.24) is 0 Å². The van der Waals surface area contributed by atoms with Gasteiger partial charge < -0.3 is 20.4 Å². The maximum absolute atomic E-state index is 9.04. The van der Waals surface area contributed by atoms with E-state index in [1.165, 1.54) is 0 Å². The second-order valence-electron chi connectivity index (χ2n) is 4.43. The van der Waals surface area contributed by atoms with Crippen molar-refractivity contribution < 1.29 is 20.4 Å². The van der Waals surface area contributed by atoms with Crippen LogP contribution < -0.4 is 0 Å². The van der Waals surface area contributed by atoms with Crippen molar-refractivity contribution in [3.8, 4) is 0 Å². The van der Waals surface area contributed by atoms with Gasteiger partial charge in [-0.3, -0.25) is 0 Å². The Morgan fingerprint density at radius 3 is 1.47 bits per heavy atom. The number of aliphatic hydroxyl groups is 4. The van der Waals surface area contributed by atoms with Crippen LogP contribution in [0.4, 0.5) is 0 Å². The van der Waals surface area contributed by atoms with E-state index in [2.05, 4.69) is 6.92 Å². The minimum atomic E-state index is -0.212. The lowest BCUT2D eigenvalue weighted by molar-refractivity contribution is 0.0420. The molecule has 0 bridgehead atoms. The third-order valence-electron chi connectivity index (χ3n) is 3.05. The SMILES string of the molecule is CCCCC(CC)(CO)CO.OCCCCO. The number of unbranched alkanes of at least 4 members (excludes halogenated alkanes) is 2. The summed E-state index contributed by atoms with van der Waals surface area (Å²) in [4.78, 5) is 0. The molecule has 0 rings (SSSR count). The van der Waals surface area contributed by atoms with E-state index in [9.17, 15) is 0 Å². The maximum atomic E-state index is 9.04. The van der Waals surface area contributed by atoms with Crippen LogP contribution in [0.5, 0.6) is 0 Å². The quantitative estimate of drug-likeness (QED) is 0.465. The predicted molar refractivity (Wildman–Crippen MR) is 69.8 cm³/mol. The van der Waals surface area contributed by atoms with Gasteiger partial charge in [-0.25, -0.2) is 0 Å². The molecule has 0 aliphatic carbocycles. The average molecular weight is 250 g/mol. The molecule has 0 spiro atoms. The van der Waals surface area contributed by atoms with Crippen LogP contribution in [-0.4, -0.2) is 46.9 Å². The molecular weight excluding hydrogens is 220 g/mol. The summed E-state index contributed by atoms with van der Waals surface area (Å²) in [6.07, 6.45) is 5.46. The largest absolute Gasteiger partial charge is 0.396 e. The molecule has 106 valence electrons. The zero-order valence-corrected chi connectivity index (χ0v) is 11.4. The van der Waals surface area contributed by atoms with Gasteiger partial charge in [0, 0.05) is 18.6 Å². The van der Waals surface area contributed by atoms with Crippen LogP contribution in [0.15, 0.2) is 0 Å². The van der Waals surface area contributed by atoms with E-state index in [-0.39, 0.29) is 31.8 Å². The lowest BCUT2D eigenvalue weighted by Gasteiger charge is -2.27. The van der Waals surface area contributed by atoms with Gasteiger partial charge in [0.05, 0.1) is 13.2 Å². The van der Waals surface area contributed by atoms with Crippen molar-refractivity contribution in [3.05, 3.63) is 0 Å². The minimum Gasteiger partial charge on any atom is -0.396 e. The van der Waals surface area contributed by atoms with Crippen molar-refractivity contribution in [2.75, 3.05) is 26.4 Å². The number of hydrogen-bond acceptors (Lipinski definition) is 4. The Hall–Kier alpha value is -0.160. The summed E-state index contributed by atoms with van der Waals surface area (Å²) >= 11 is 0. The molecule has 4 nitrogen and oxygen atoms in total. The molecular formula is C13H30O4. The molecule has 17 heavy (non-hydrogen) atoms. The van der Waals surface area contributed by atoms with E-state index < -0.39 is 0 Å². The van der Waals surface area contributed by atoms with Crippen molar-refractivity contribution in [3.63, 3.8) is 0 Å². The predicted octanol–water partition coefficient (Wildman–Crippen LogP) is 1.31. The van der Waals surface area contributed by atoms with Gasteiger partial charge in [0.1, 0.15) is 0 Å². The Labute approximate surface area is 105 Å². The van der Waals surface area contributed by atoms with Crippen LogP contribution in [0.3, 0.4) is 0 Å². The monoisotopic (exact) mass is 250 g/mol. The molecule has 0 unspecified atom stereocenters. The Balaban J connectivity index is 0. The summed E-state index contributed by atoms with van der Waals surface area (Å²) in [5.41, 5.74) is -0.212. The highest BCUT2D eigenvalue weighted by molar-refractivity contribution is 4.75. The Morgan fingerprint density at radius 2 is 1.24 bits per heavy atom. The average Bonchev–Trinajstić information content (AvgIpc) is 2.39. The lowest BCUT2D eigenvalue weighted by Crippen LogP contribution is -2.28. The van der Waals surface area contributed by atoms with E-state index in [0.29, 0.717) is 0 Å². The Bertz CT molecular complexity index is 123. The normalized spacial score (nSPS) is 10.9. The lowest BCUT2D eigenvalue weighted by atomic mass is 9.82. The topological polar surface area (TPSA) is 80.9 Å². The van der Waals surface area contributed by atoms with Gasteiger partial charge in [0.15, 0.2) is 0 Å². The molecule has 0 radical (unpaired) electrons. The van der Waals surface area contributed by atoms with Crippen LogP contribution in [0.2, 0.25) is 0 Å². The van der Waals surface area contributed by atoms with Gasteiger partial charge in [-0.05, 0) is 25.7 Å². The van der Waals surface area contributed by atoms with Gasteiger partial charge in [0.25, 0.3) is 0 Å². The molecule has 4 N–H and O–H groups in total. The van der Waals surface area contributed by atoms with Crippen molar-refractivity contribution in [1.29, 1.82) is 0 Å². The Kier molecular flexibility index (Phi) is 15.7. The standard InChI is InChI=1S/C9H20O2.C4H10O2/c1-3-5-6-9(4-2,7-10)8-11;5-3-1-2-4-6/h10-11H,3-8H2,1-2H3;5-6H,1-4H2. The zero-order chi connectivity index (χ0) is 13.6. The summed E-state index contributed by atoms with van der Waals surface area (Å²) in [6.45, 7) is 4.75. The number of hydrogen-bond donors (Lipinski definition) is 4. The number of rotatable bonds is 9. The summed E-state index contributed by atoms with van der Waals surface area (Å²) in [6, 6.07) is 0. The molecule has 0 aromatic heterocycles. The molecule has 0 amide bonds. The van der Waals surface area contributed by atoms with E-state index in [1.807, 2.05) is 6.92 Å². The molecule has 0 atom stereocenters. The van der Waals surface area contributed by atoms with Crippen LogP contribution >= 0.6 is 0 Å². The van der Waals surface area contributed by atoms with Crippen molar-refractivity contribution in [2.24, 2.45) is 5.41 Å². The van der Waals surface area contributed by atoms with Crippen molar-refractivity contribution in [2.45, 2.75) is 52.4 Å². The fraction of sp³-hybridized carbons (Fsp3) is 1.00. The summed E-state index contributed by atoms with van der Waals surface area (Å²) < 4.78 is 0. The fourth-order valence-corrected chi connectivity index (χ4v) is 1.38.